The molecule has 1 aliphatic heterocycles. The molecule has 352 valence electrons. The first kappa shape index (κ1) is 43.6. The lowest BCUT2D eigenvalue weighted by Crippen LogP contribution is -2.15. The van der Waals surface area contributed by atoms with Gasteiger partial charge in [-0.25, -0.2) is 9.83 Å². The summed E-state index contributed by atoms with van der Waals surface area (Å²) in [5, 5.41) is 9.10. The van der Waals surface area contributed by atoms with Crippen LogP contribution in [0.5, 0.6) is 11.5 Å². The second-order valence-corrected chi connectivity index (χ2v) is 21.6. The van der Waals surface area contributed by atoms with Crippen LogP contribution in [0, 0.1) is 6.57 Å². The standard InChI is InChI=1S/C66H57N5O/c1-41(2)42-32-43(34-45(33-42)66(6,7)8)50-23-16-24-57-53-20-12-10-18-51(53)52-19-11-13-21-54(52)58-25-17-27-60-64(58)70(63(50)57)40-69(60)47-36-46(67-9)37-49(38-47)72-48-28-29-56-55-22-14-15-26-59(55)71(61(56)39-48)62-35-44(30-31-68-62)65(3,4)5/h10-39,41H,40H2,1-8H3/i41D. The van der Waals surface area contributed by atoms with Gasteiger partial charge in [0.25, 0.3) is 0 Å². The summed E-state index contributed by atoms with van der Waals surface area (Å²) in [6.45, 7) is 26.2. The van der Waals surface area contributed by atoms with Crippen molar-refractivity contribution in [3.63, 3.8) is 0 Å². The summed E-state index contributed by atoms with van der Waals surface area (Å²) in [6.07, 6.45) is 1.90. The van der Waals surface area contributed by atoms with Crippen LogP contribution >= 0.6 is 0 Å². The van der Waals surface area contributed by atoms with Crippen molar-refractivity contribution in [1.82, 2.24) is 14.1 Å². The first-order valence-electron chi connectivity index (χ1n) is 25.4. The fraction of sp³-hybridized carbons (Fsp3) is 0.182. The smallest absolute Gasteiger partial charge is 0.192 e. The molecule has 0 fully saturated rings. The molecule has 0 unspecified atom stereocenters. The Morgan fingerprint density at radius 1 is 0.569 bits per heavy atom. The second-order valence-electron chi connectivity index (χ2n) is 21.6. The number of hydrogen-bond acceptors (Lipinski definition) is 3. The summed E-state index contributed by atoms with van der Waals surface area (Å²) in [4.78, 5) is 11.3. The Morgan fingerprint density at radius 2 is 1.19 bits per heavy atom. The van der Waals surface area contributed by atoms with Crippen molar-refractivity contribution in [2.45, 2.75) is 78.8 Å². The molecule has 0 saturated carbocycles. The third-order valence-corrected chi connectivity index (χ3v) is 14.6. The second kappa shape index (κ2) is 16.9. The van der Waals surface area contributed by atoms with Crippen molar-refractivity contribution >= 4 is 82.2 Å². The van der Waals surface area contributed by atoms with Crippen molar-refractivity contribution in [1.29, 1.82) is 0 Å². The maximum Gasteiger partial charge on any atom is 0.192 e. The van der Waals surface area contributed by atoms with Gasteiger partial charge in [0, 0.05) is 52.5 Å². The van der Waals surface area contributed by atoms with Gasteiger partial charge in [0.1, 0.15) is 24.0 Å². The zero-order valence-electron chi connectivity index (χ0n) is 43.2. The van der Waals surface area contributed by atoms with Crippen molar-refractivity contribution in [3.8, 4) is 28.4 Å². The number of nitrogens with zero attached hydrogens (tertiary/aromatic N) is 5. The molecule has 6 nitrogen and oxygen atoms in total. The van der Waals surface area contributed by atoms with E-state index in [1.165, 1.54) is 16.5 Å². The lowest BCUT2D eigenvalue weighted by Gasteiger charge is -2.23. The molecule has 0 N–H and O–H groups in total. The van der Waals surface area contributed by atoms with E-state index in [-0.39, 0.29) is 10.8 Å². The summed E-state index contributed by atoms with van der Waals surface area (Å²) in [7, 11) is 0. The molecule has 12 rings (SSSR count). The molecule has 0 spiro atoms. The van der Waals surface area contributed by atoms with E-state index in [0.717, 1.165) is 93.7 Å². The third kappa shape index (κ3) is 7.51. The van der Waals surface area contributed by atoms with E-state index >= 15 is 0 Å². The number of hydrogen-bond donors (Lipinski definition) is 0. The van der Waals surface area contributed by atoms with E-state index in [9.17, 15) is 1.37 Å². The molecular weight excluding hydrogens is 879 g/mol. The van der Waals surface area contributed by atoms with E-state index < -0.39 is 5.89 Å². The van der Waals surface area contributed by atoms with E-state index in [1.54, 1.807) is 0 Å². The highest BCUT2D eigenvalue weighted by Crippen LogP contribution is 2.47. The van der Waals surface area contributed by atoms with Gasteiger partial charge in [0.05, 0.1) is 34.3 Å². The molecule has 6 heteroatoms. The quantitative estimate of drug-likeness (QED) is 0.156. The molecule has 8 aromatic carbocycles. The topological polar surface area (TPSA) is 39.6 Å². The van der Waals surface area contributed by atoms with Crippen LogP contribution in [0.3, 0.4) is 0 Å². The molecule has 4 heterocycles. The fourth-order valence-electron chi connectivity index (χ4n) is 10.9. The molecule has 0 amide bonds. The summed E-state index contributed by atoms with van der Waals surface area (Å²) in [5.74, 6) is 1.26. The highest BCUT2D eigenvalue weighted by atomic mass is 16.5. The van der Waals surface area contributed by atoms with Crippen molar-refractivity contribution in [2.75, 3.05) is 4.90 Å². The highest BCUT2D eigenvalue weighted by molar-refractivity contribution is 6.22. The van der Waals surface area contributed by atoms with Crippen LogP contribution in [-0.4, -0.2) is 14.1 Å². The Balaban J connectivity index is 1.08. The lowest BCUT2D eigenvalue weighted by molar-refractivity contribution is 0.483. The van der Waals surface area contributed by atoms with Gasteiger partial charge in [-0.2, -0.15) is 0 Å². The van der Waals surface area contributed by atoms with Crippen LogP contribution in [0.1, 0.15) is 79.3 Å². The molecule has 0 bridgehead atoms. The van der Waals surface area contributed by atoms with E-state index in [4.69, 9.17) is 16.3 Å². The number of pyridine rings is 1. The summed E-state index contributed by atoms with van der Waals surface area (Å²) < 4.78 is 20.9. The maximum absolute atomic E-state index is 9.29. The van der Waals surface area contributed by atoms with Crippen molar-refractivity contribution in [3.05, 3.63) is 210 Å². The van der Waals surface area contributed by atoms with Crippen LogP contribution in [0.25, 0.3) is 86.9 Å². The molecule has 0 atom stereocenters. The number of rotatable bonds is 6. The van der Waals surface area contributed by atoms with Gasteiger partial charge in [-0.05, 0) is 109 Å². The Labute approximate surface area is 422 Å². The largest absolute Gasteiger partial charge is 0.459 e. The monoisotopic (exact) mass is 936 g/mol. The fourth-order valence-corrected chi connectivity index (χ4v) is 10.9. The molecular formula is C66H57N5O. The minimum Gasteiger partial charge on any atom is -0.459 e. The molecule has 11 aromatic rings. The van der Waals surface area contributed by atoms with Gasteiger partial charge in [0.15, 0.2) is 5.69 Å². The molecule has 72 heavy (non-hydrogen) atoms. The number of aromatic nitrogens is 3. The van der Waals surface area contributed by atoms with Crippen LogP contribution in [0.4, 0.5) is 17.1 Å². The number of anilines is 2. The highest BCUT2D eigenvalue weighted by Gasteiger charge is 2.27. The Hall–Kier alpha value is -8.40. The summed E-state index contributed by atoms with van der Waals surface area (Å²) in [5.41, 5.74) is 11.9. The zero-order chi connectivity index (χ0) is 50.6. The minimum atomic E-state index is -0.817. The summed E-state index contributed by atoms with van der Waals surface area (Å²) in [6, 6.07) is 62.5. The number of para-hydroxylation sites is 3. The molecule has 0 aliphatic carbocycles. The number of benzene rings is 8. The number of fused-ring (bicyclic) bond motifs is 10. The Morgan fingerprint density at radius 3 is 1.88 bits per heavy atom. The van der Waals surface area contributed by atoms with Crippen molar-refractivity contribution < 1.29 is 6.11 Å². The molecule has 0 radical (unpaired) electrons. The van der Waals surface area contributed by atoms with E-state index in [2.05, 4.69) is 218 Å². The van der Waals surface area contributed by atoms with Crippen LogP contribution < -0.4 is 9.64 Å². The van der Waals surface area contributed by atoms with Gasteiger partial charge < -0.3 is 14.2 Å². The third-order valence-electron chi connectivity index (χ3n) is 14.6. The first-order valence-corrected chi connectivity index (χ1v) is 24.9. The predicted molar refractivity (Wildman–Crippen MR) is 303 cm³/mol. The number of ether oxygens (including phenoxy) is 1. The molecule has 1 aliphatic rings. The van der Waals surface area contributed by atoms with Crippen molar-refractivity contribution in [2.24, 2.45) is 0 Å². The molecule has 3 aromatic heterocycles. The first-order chi connectivity index (χ1) is 35.0. The van der Waals surface area contributed by atoms with E-state index in [0.29, 0.717) is 23.9 Å². The lowest BCUT2D eigenvalue weighted by atomic mass is 9.82. The van der Waals surface area contributed by atoms with E-state index in [1.807, 2.05) is 38.2 Å². The minimum absolute atomic E-state index is 0.0517. The maximum atomic E-state index is 9.29. The van der Waals surface area contributed by atoms with Crippen LogP contribution in [-0.2, 0) is 17.5 Å². The Kier molecular flexibility index (Phi) is 10.2. The van der Waals surface area contributed by atoms with Gasteiger partial charge >= 0.3 is 0 Å². The van der Waals surface area contributed by atoms with Gasteiger partial charge in [0.2, 0.25) is 0 Å². The van der Waals surface area contributed by atoms with Crippen LogP contribution in [0.15, 0.2) is 182 Å². The van der Waals surface area contributed by atoms with Gasteiger partial charge in [-0.15, -0.1) is 0 Å². The summed E-state index contributed by atoms with van der Waals surface area (Å²) >= 11 is 0. The average molecular weight is 937 g/mol. The normalized spacial score (nSPS) is 13.1. The Bertz CT molecular complexity index is 4160. The zero-order valence-corrected chi connectivity index (χ0v) is 42.2. The molecule has 0 saturated heterocycles. The average Bonchev–Trinajstić information content (AvgIpc) is 3.94. The SMILES string of the molecule is [2H]C(C)(C)c1cc(-c2cccc3c4ccccc4c4ccccc4c4cccc5c4n(c23)CN5c2cc([N+]#[C-])cc(Oc3ccc4c5ccccc5n(-c5cc(C(C)(C)C)ccn5)c4c3)c2)cc(C(C)(C)C)c1. The van der Waals surface area contributed by atoms with Gasteiger partial charge in [-0.3, -0.25) is 4.57 Å². The predicted octanol–water partition coefficient (Wildman–Crippen LogP) is 18.6. The van der Waals surface area contributed by atoms with Crippen LogP contribution in [0.2, 0.25) is 0 Å². The van der Waals surface area contributed by atoms with Gasteiger partial charge in [-0.1, -0.05) is 171 Å².